The van der Waals surface area contributed by atoms with Gasteiger partial charge in [-0.1, -0.05) is 22.8 Å². The van der Waals surface area contributed by atoms with E-state index in [0.717, 1.165) is 44.3 Å². The Bertz CT molecular complexity index is 1400. The molecular formula is C23H25ClN6O4. The van der Waals surface area contributed by atoms with Crippen LogP contribution in [0.2, 0.25) is 5.02 Å². The minimum absolute atomic E-state index is 0.213. The Kier molecular flexibility index (Phi) is 5.60. The monoisotopic (exact) mass is 484 g/mol. The fourth-order valence-corrected chi connectivity index (χ4v) is 5.20. The first kappa shape index (κ1) is 21.7. The van der Waals surface area contributed by atoms with E-state index < -0.39 is 0 Å². The predicted octanol–water partition coefficient (Wildman–Crippen LogP) is 2.66. The lowest BCUT2D eigenvalue weighted by atomic mass is 10.1. The molecule has 11 heteroatoms. The third-order valence-electron chi connectivity index (χ3n) is 6.77. The second-order valence-electron chi connectivity index (χ2n) is 8.91. The summed E-state index contributed by atoms with van der Waals surface area (Å²) in [7, 11) is 0. The fourth-order valence-electron chi connectivity index (χ4n) is 4.93. The highest BCUT2D eigenvalue weighted by Crippen LogP contribution is 2.30. The SMILES string of the molecule is O=c1c2c(-c3noc(C4CCCO4)n3)ncn2c2cccc(Cl)c2n1CCN1CCC(O)CC1. The first-order valence-electron chi connectivity index (χ1n) is 11.6. The van der Waals surface area contributed by atoms with Crippen molar-refractivity contribution in [3.05, 3.63) is 45.8 Å². The minimum Gasteiger partial charge on any atom is -0.393 e. The first-order chi connectivity index (χ1) is 16.6. The molecule has 1 N–H and O–H groups in total. The number of likely N-dealkylation sites (tertiary alicyclic amines) is 1. The number of nitrogens with zero attached hydrogens (tertiary/aromatic N) is 6. The van der Waals surface area contributed by atoms with Crippen LogP contribution in [0.3, 0.4) is 0 Å². The van der Waals surface area contributed by atoms with Crippen molar-refractivity contribution in [1.82, 2.24) is 29.0 Å². The van der Waals surface area contributed by atoms with Gasteiger partial charge in [0.2, 0.25) is 5.82 Å². The number of hydrogen-bond donors (Lipinski definition) is 1. The molecule has 2 saturated heterocycles. The zero-order valence-corrected chi connectivity index (χ0v) is 19.3. The Hall–Kier alpha value is -2.79. The number of halogens is 1. The summed E-state index contributed by atoms with van der Waals surface area (Å²) in [5.41, 5.74) is 1.97. The van der Waals surface area contributed by atoms with Crippen LogP contribution in [0, 0.1) is 0 Å². The number of ether oxygens (including phenoxy) is 1. The average molecular weight is 485 g/mol. The van der Waals surface area contributed by atoms with Crippen molar-refractivity contribution in [3.63, 3.8) is 0 Å². The second kappa shape index (κ2) is 8.77. The standard InChI is InChI=1S/C23H25ClN6O4/c24-15-3-1-4-16-19(15)29(11-10-28-8-6-14(31)7-9-28)23(32)20-18(25-13-30(16)20)21-26-22(34-27-21)17-5-2-12-33-17/h1,3-4,13-14,17,31H,2,5-12H2. The molecule has 10 nitrogen and oxygen atoms in total. The molecule has 2 fully saturated rings. The smallest absolute Gasteiger partial charge is 0.277 e. The van der Waals surface area contributed by atoms with E-state index in [0.29, 0.717) is 47.3 Å². The highest BCUT2D eigenvalue weighted by Gasteiger charge is 2.27. The quantitative estimate of drug-likeness (QED) is 0.460. The highest BCUT2D eigenvalue weighted by molar-refractivity contribution is 6.35. The number of aromatic nitrogens is 5. The van der Waals surface area contributed by atoms with E-state index >= 15 is 0 Å². The number of para-hydroxylation sites is 1. The summed E-state index contributed by atoms with van der Waals surface area (Å²) in [6, 6.07) is 5.56. The molecule has 1 aromatic carbocycles. The van der Waals surface area contributed by atoms with Crippen molar-refractivity contribution in [2.24, 2.45) is 0 Å². The molecule has 2 aliphatic heterocycles. The zero-order valence-electron chi connectivity index (χ0n) is 18.6. The van der Waals surface area contributed by atoms with Gasteiger partial charge in [0.1, 0.15) is 23.6 Å². The lowest BCUT2D eigenvalue weighted by Crippen LogP contribution is -2.39. The second-order valence-corrected chi connectivity index (χ2v) is 9.31. The molecule has 0 amide bonds. The van der Waals surface area contributed by atoms with Gasteiger partial charge in [0.15, 0.2) is 0 Å². The third kappa shape index (κ3) is 3.70. The van der Waals surface area contributed by atoms with Gasteiger partial charge < -0.3 is 23.8 Å². The molecule has 6 rings (SSSR count). The Balaban J connectivity index is 1.44. The Morgan fingerprint density at radius 3 is 2.79 bits per heavy atom. The molecule has 178 valence electrons. The zero-order chi connectivity index (χ0) is 23.2. The first-order valence-corrected chi connectivity index (χ1v) is 12.0. The molecule has 0 aliphatic carbocycles. The molecule has 3 aromatic heterocycles. The summed E-state index contributed by atoms with van der Waals surface area (Å²) in [4.78, 5) is 25.1. The molecular weight excluding hydrogens is 460 g/mol. The van der Waals surface area contributed by atoms with E-state index in [1.54, 1.807) is 21.4 Å². The van der Waals surface area contributed by atoms with Gasteiger partial charge in [0.25, 0.3) is 11.4 Å². The van der Waals surface area contributed by atoms with Gasteiger partial charge in [-0.2, -0.15) is 4.98 Å². The van der Waals surface area contributed by atoms with Crippen LogP contribution < -0.4 is 5.56 Å². The average Bonchev–Trinajstić information content (AvgIpc) is 3.60. The maximum Gasteiger partial charge on any atom is 0.277 e. The topological polar surface area (TPSA) is 111 Å². The van der Waals surface area contributed by atoms with Gasteiger partial charge in [0.05, 0.1) is 22.2 Å². The predicted molar refractivity (Wildman–Crippen MR) is 125 cm³/mol. The van der Waals surface area contributed by atoms with E-state index in [1.807, 2.05) is 12.1 Å². The van der Waals surface area contributed by atoms with E-state index in [4.69, 9.17) is 20.9 Å². The lowest BCUT2D eigenvalue weighted by molar-refractivity contribution is 0.0810. The molecule has 5 heterocycles. The molecule has 1 unspecified atom stereocenters. The van der Waals surface area contributed by atoms with Crippen LogP contribution in [-0.2, 0) is 11.3 Å². The number of aliphatic hydroxyl groups excluding tert-OH is 1. The maximum absolute atomic E-state index is 13.8. The molecule has 4 aromatic rings. The number of hydrogen-bond acceptors (Lipinski definition) is 8. The molecule has 2 aliphatic rings. The third-order valence-corrected chi connectivity index (χ3v) is 7.07. The minimum atomic E-state index is -0.241. The summed E-state index contributed by atoms with van der Waals surface area (Å²) < 4.78 is 14.5. The lowest BCUT2D eigenvalue weighted by Gasteiger charge is -2.29. The van der Waals surface area contributed by atoms with Crippen LogP contribution in [-0.4, -0.2) is 66.4 Å². The van der Waals surface area contributed by atoms with Crippen molar-refractivity contribution >= 4 is 28.2 Å². The summed E-state index contributed by atoms with van der Waals surface area (Å²) in [6.07, 6.45) is 4.41. The van der Waals surface area contributed by atoms with Gasteiger partial charge in [-0.15, -0.1) is 0 Å². The molecule has 1 atom stereocenters. The van der Waals surface area contributed by atoms with E-state index in [2.05, 4.69) is 20.0 Å². The maximum atomic E-state index is 13.8. The number of imidazole rings is 1. The van der Waals surface area contributed by atoms with Crippen LogP contribution in [0.4, 0.5) is 0 Å². The van der Waals surface area contributed by atoms with Gasteiger partial charge in [0, 0.05) is 32.8 Å². The Labute approximate surface area is 199 Å². The van der Waals surface area contributed by atoms with Gasteiger partial charge in [-0.3, -0.25) is 9.20 Å². The van der Waals surface area contributed by atoms with Crippen molar-refractivity contribution in [3.8, 4) is 11.5 Å². The van der Waals surface area contributed by atoms with Gasteiger partial charge >= 0.3 is 0 Å². The van der Waals surface area contributed by atoms with Crippen LogP contribution >= 0.6 is 11.6 Å². The summed E-state index contributed by atoms with van der Waals surface area (Å²) in [5, 5.41) is 14.4. The largest absolute Gasteiger partial charge is 0.393 e. The van der Waals surface area contributed by atoms with E-state index in [1.165, 1.54) is 0 Å². The Morgan fingerprint density at radius 1 is 1.15 bits per heavy atom. The van der Waals surface area contributed by atoms with Crippen LogP contribution in [0.25, 0.3) is 28.1 Å². The van der Waals surface area contributed by atoms with Crippen LogP contribution in [0.15, 0.2) is 33.8 Å². The Morgan fingerprint density at radius 2 is 2.00 bits per heavy atom. The van der Waals surface area contributed by atoms with Crippen LogP contribution in [0.1, 0.15) is 37.7 Å². The number of benzene rings is 1. The van der Waals surface area contributed by atoms with Gasteiger partial charge in [-0.05, 0) is 37.8 Å². The number of piperidine rings is 1. The number of fused-ring (bicyclic) bond motifs is 3. The van der Waals surface area contributed by atoms with Gasteiger partial charge in [-0.25, -0.2) is 4.98 Å². The van der Waals surface area contributed by atoms with Crippen molar-refractivity contribution < 1.29 is 14.4 Å². The van der Waals surface area contributed by atoms with Crippen molar-refractivity contribution in [1.29, 1.82) is 0 Å². The molecule has 0 bridgehead atoms. The number of rotatable bonds is 5. The molecule has 0 spiro atoms. The molecule has 0 radical (unpaired) electrons. The fraction of sp³-hybridized carbons (Fsp3) is 0.478. The van der Waals surface area contributed by atoms with Crippen molar-refractivity contribution in [2.45, 2.75) is 44.4 Å². The molecule has 0 saturated carbocycles. The van der Waals surface area contributed by atoms with E-state index in [-0.39, 0.29) is 23.6 Å². The number of aliphatic hydroxyl groups is 1. The van der Waals surface area contributed by atoms with Crippen LogP contribution in [0.5, 0.6) is 0 Å². The highest BCUT2D eigenvalue weighted by atomic mass is 35.5. The normalized spacial score (nSPS) is 20.1. The van der Waals surface area contributed by atoms with E-state index in [9.17, 15) is 9.90 Å². The summed E-state index contributed by atoms with van der Waals surface area (Å²) >= 11 is 6.58. The molecule has 34 heavy (non-hydrogen) atoms. The summed E-state index contributed by atoms with van der Waals surface area (Å²) in [6.45, 7) is 3.41. The summed E-state index contributed by atoms with van der Waals surface area (Å²) in [5.74, 6) is 0.674. The van der Waals surface area contributed by atoms with Crippen molar-refractivity contribution in [2.75, 3.05) is 26.2 Å².